The van der Waals surface area contributed by atoms with Crippen molar-refractivity contribution in [2.45, 2.75) is 6.54 Å². The maximum atomic E-state index is 11.7. The zero-order valence-corrected chi connectivity index (χ0v) is 13.9. The van der Waals surface area contributed by atoms with Gasteiger partial charge in [0.2, 0.25) is 0 Å². The van der Waals surface area contributed by atoms with Crippen molar-refractivity contribution >= 4 is 35.3 Å². The molecule has 0 aliphatic heterocycles. The van der Waals surface area contributed by atoms with Gasteiger partial charge in [-0.05, 0) is 29.8 Å². The number of aromatic hydroxyl groups is 1. The summed E-state index contributed by atoms with van der Waals surface area (Å²) in [6.07, 6.45) is 1.11. The van der Waals surface area contributed by atoms with Crippen molar-refractivity contribution in [1.29, 1.82) is 0 Å². The molecule has 0 fully saturated rings. The average Bonchev–Trinajstić information content (AvgIpc) is 2.62. The van der Waals surface area contributed by atoms with E-state index in [2.05, 4.69) is 10.4 Å². The van der Waals surface area contributed by atoms with Gasteiger partial charge < -0.3 is 10.4 Å². The topological polar surface area (TPSA) is 134 Å². The molecule has 2 aromatic rings. The van der Waals surface area contributed by atoms with Gasteiger partial charge in [-0.1, -0.05) is 23.7 Å². The average molecular weight is 377 g/mol. The first kappa shape index (κ1) is 18.9. The van der Waals surface area contributed by atoms with E-state index in [1.807, 2.05) is 5.43 Å². The molecule has 0 aliphatic rings. The highest BCUT2D eigenvalue weighted by Gasteiger charge is 2.14. The van der Waals surface area contributed by atoms with E-state index in [1.54, 1.807) is 24.3 Å². The van der Waals surface area contributed by atoms with E-state index in [9.17, 15) is 24.8 Å². The standard InChI is InChI=1S/C16H13ClN4O5/c17-12-4-1-10(2-5-12)8-18-15(23)16(24)20-19-9-11-3-6-14(22)13(7-11)21(25)26/h1-7,9,22H,8H2,(H,18,23)(H,20,24)/b19-9-. The summed E-state index contributed by atoms with van der Waals surface area (Å²) in [6.45, 7) is 0.136. The molecule has 2 amide bonds. The van der Waals surface area contributed by atoms with Gasteiger partial charge in [-0.3, -0.25) is 19.7 Å². The van der Waals surface area contributed by atoms with Crippen molar-refractivity contribution in [3.05, 3.63) is 68.7 Å². The molecular formula is C16H13ClN4O5. The highest BCUT2D eigenvalue weighted by atomic mass is 35.5. The number of hydrazone groups is 1. The number of nitrogens with one attached hydrogen (secondary N) is 2. The molecule has 2 rings (SSSR count). The second-order valence-corrected chi connectivity index (χ2v) is 5.45. The number of nitrogens with zero attached hydrogens (tertiary/aromatic N) is 2. The Morgan fingerprint density at radius 1 is 1.19 bits per heavy atom. The summed E-state index contributed by atoms with van der Waals surface area (Å²) in [4.78, 5) is 33.3. The predicted octanol–water partition coefficient (Wildman–Crippen LogP) is 1.72. The van der Waals surface area contributed by atoms with Crippen LogP contribution in [0, 0.1) is 10.1 Å². The summed E-state index contributed by atoms with van der Waals surface area (Å²) in [5, 5.41) is 26.6. The van der Waals surface area contributed by atoms with Crippen molar-refractivity contribution in [3.8, 4) is 5.75 Å². The van der Waals surface area contributed by atoms with Crippen molar-refractivity contribution in [3.63, 3.8) is 0 Å². The monoisotopic (exact) mass is 376 g/mol. The van der Waals surface area contributed by atoms with Crippen molar-refractivity contribution in [2.24, 2.45) is 5.10 Å². The Bertz CT molecular complexity index is 867. The second-order valence-electron chi connectivity index (χ2n) is 5.01. The van der Waals surface area contributed by atoms with Gasteiger partial charge in [0.15, 0.2) is 5.75 Å². The number of carbonyl (C=O) groups is 2. The fraction of sp³-hybridized carbons (Fsp3) is 0.0625. The molecule has 26 heavy (non-hydrogen) atoms. The Kier molecular flexibility index (Phi) is 6.23. The number of hydrogen-bond acceptors (Lipinski definition) is 6. The van der Waals surface area contributed by atoms with Gasteiger partial charge in [-0.15, -0.1) is 0 Å². The highest BCUT2D eigenvalue weighted by molar-refractivity contribution is 6.35. The second kappa shape index (κ2) is 8.58. The van der Waals surface area contributed by atoms with Gasteiger partial charge in [0.25, 0.3) is 0 Å². The lowest BCUT2D eigenvalue weighted by Gasteiger charge is -2.04. The molecule has 0 heterocycles. The molecule has 0 saturated carbocycles. The number of halogens is 1. The summed E-state index contributed by atoms with van der Waals surface area (Å²) in [5.41, 5.74) is 2.53. The molecule has 0 spiro atoms. The molecule has 3 N–H and O–H groups in total. The van der Waals surface area contributed by atoms with Crippen LogP contribution >= 0.6 is 11.6 Å². The van der Waals surface area contributed by atoms with Gasteiger partial charge in [-0.2, -0.15) is 5.10 Å². The quantitative estimate of drug-likeness (QED) is 0.316. The predicted molar refractivity (Wildman–Crippen MR) is 93.8 cm³/mol. The van der Waals surface area contributed by atoms with E-state index in [4.69, 9.17) is 11.6 Å². The third kappa shape index (κ3) is 5.28. The molecule has 0 unspecified atom stereocenters. The molecule has 0 saturated heterocycles. The van der Waals surface area contributed by atoms with Crippen LogP contribution in [0.3, 0.4) is 0 Å². The van der Waals surface area contributed by atoms with E-state index in [-0.39, 0.29) is 12.1 Å². The third-order valence-corrected chi connectivity index (χ3v) is 3.40. The SMILES string of the molecule is O=C(NCc1ccc(Cl)cc1)C(=O)N/N=C\c1ccc(O)c([N+](=O)[O-])c1. The van der Waals surface area contributed by atoms with E-state index in [0.29, 0.717) is 5.02 Å². The molecule has 10 heteroatoms. The fourth-order valence-corrected chi connectivity index (χ4v) is 1.97. The summed E-state index contributed by atoms with van der Waals surface area (Å²) >= 11 is 5.75. The number of nitro groups is 1. The van der Waals surface area contributed by atoms with Crippen LogP contribution in [-0.4, -0.2) is 28.1 Å². The Balaban J connectivity index is 1.88. The van der Waals surface area contributed by atoms with Crippen molar-refractivity contribution in [2.75, 3.05) is 0 Å². The molecule has 0 aliphatic carbocycles. The van der Waals surface area contributed by atoms with Gasteiger partial charge in [-0.25, -0.2) is 5.43 Å². The molecular weight excluding hydrogens is 364 g/mol. The minimum absolute atomic E-state index is 0.136. The van der Waals surface area contributed by atoms with Crippen LogP contribution < -0.4 is 10.7 Å². The van der Waals surface area contributed by atoms with Crippen molar-refractivity contribution in [1.82, 2.24) is 10.7 Å². The summed E-state index contributed by atoms with van der Waals surface area (Å²) < 4.78 is 0. The maximum Gasteiger partial charge on any atom is 0.329 e. The smallest absolute Gasteiger partial charge is 0.329 e. The van der Waals surface area contributed by atoms with Crippen LogP contribution in [0.5, 0.6) is 5.75 Å². The number of hydrogen-bond donors (Lipinski definition) is 3. The zero-order chi connectivity index (χ0) is 19.1. The molecule has 0 atom stereocenters. The van der Waals surface area contributed by atoms with Gasteiger partial charge >= 0.3 is 17.5 Å². The van der Waals surface area contributed by atoms with Crippen molar-refractivity contribution < 1.29 is 19.6 Å². The fourth-order valence-electron chi connectivity index (χ4n) is 1.85. The van der Waals surface area contributed by atoms with E-state index in [1.165, 1.54) is 6.07 Å². The van der Waals surface area contributed by atoms with Crippen LogP contribution in [0.15, 0.2) is 47.6 Å². The summed E-state index contributed by atoms with van der Waals surface area (Å²) in [6, 6.07) is 10.3. The molecule has 0 bridgehead atoms. The highest BCUT2D eigenvalue weighted by Crippen LogP contribution is 2.25. The first-order valence-electron chi connectivity index (χ1n) is 7.20. The first-order chi connectivity index (χ1) is 12.4. The maximum absolute atomic E-state index is 11.7. The zero-order valence-electron chi connectivity index (χ0n) is 13.2. The normalized spacial score (nSPS) is 10.5. The largest absolute Gasteiger partial charge is 0.502 e. The summed E-state index contributed by atoms with van der Waals surface area (Å²) in [5.74, 6) is -2.38. The van der Waals surface area contributed by atoms with Crippen LogP contribution in [0.25, 0.3) is 0 Å². The number of rotatable bonds is 5. The van der Waals surface area contributed by atoms with Crippen LogP contribution in [0.1, 0.15) is 11.1 Å². The molecule has 9 nitrogen and oxygen atoms in total. The third-order valence-electron chi connectivity index (χ3n) is 3.15. The Hall–Kier alpha value is -3.46. The number of amides is 2. The van der Waals surface area contributed by atoms with E-state index in [0.717, 1.165) is 23.9 Å². The molecule has 134 valence electrons. The lowest BCUT2D eigenvalue weighted by molar-refractivity contribution is -0.385. The Morgan fingerprint density at radius 3 is 2.54 bits per heavy atom. The van der Waals surface area contributed by atoms with E-state index < -0.39 is 28.2 Å². The minimum Gasteiger partial charge on any atom is -0.502 e. The summed E-state index contributed by atoms with van der Waals surface area (Å²) in [7, 11) is 0. The number of phenols is 1. The molecule has 0 aromatic heterocycles. The first-order valence-corrected chi connectivity index (χ1v) is 7.57. The lowest BCUT2D eigenvalue weighted by Crippen LogP contribution is -2.37. The van der Waals surface area contributed by atoms with Gasteiger partial charge in [0, 0.05) is 23.2 Å². The lowest BCUT2D eigenvalue weighted by atomic mass is 10.2. The molecule has 0 radical (unpaired) electrons. The minimum atomic E-state index is -0.997. The van der Waals surface area contributed by atoms with Crippen LogP contribution in [0.2, 0.25) is 5.02 Å². The van der Waals surface area contributed by atoms with Gasteiger partial charge in [0.05, 0.1) is 11.1 Å². The number of phenolic OH excluding ortho intramolecular Hbond substituents is 1. The number of nitro benzene ring substituents is 1. The Labute approximate surface area is 152 Å². The van der Waals surface area contributed by atoms with Crippen LogP contribution in [-0.2, 0) is 16.1 Å². The van der Waals surface area contributed by atoms with Crippen LogP contribution in [0.4, 0.5) is 5.69 Å². The Morgan fingerprint density at radius 2 is 1.88 bits per heavy atom. The number of carbonyl (C=O) groups excluding carboxylic acids is 2. The number of benzene rings is 2. The van der Waals surface area contributed by atoms with E-state index >= 15 is 0 Å². The van der Waals surface area contributed by atoms with Gasteiger partial charge in [0.1, 0.15) is 0 Å². The molecule has 2 aromatic carbocycles.